The summed E-state index contributed by atoms with van der Waals surface area (Å²) in [4.78, 5) is 4.66. The molecule has 0 saturated heterocycles. The Morgan fingerprint density at radius 2 is 2.07 bits per heavy atom. The standard InChI is InChI=1S/C10H14FNO2/c1-7-4-8(6-12-14-3)10(11)9(5-7)13-2/h4-5,12H,6H2,1-3H3. The number of hydroxylamine groups is 1. The molecule has 0 aromatic heterocycles. The molecule has 78 valence electrons. The summed E-state index contributed by atoms with van der Waals surface area (Å²) >= 11 is 0. The van der Waals surface area contributed by atoms with Crippen molar-refractivity contribution in [2.24, 2.45) is 0 Å². The average molecular weight is 199 g/mol. The van der Waals surface area contributed by atoms with Crippen LogP contribution in [0.25, 0.3) is 0 Å². The van der Waals surface area contributed by atoms with Crippen molar-refractivity contribution in [2.75, 3.05) is 14.2 Å². The van der Waals surface area contributed by atoms with Gasteiger partial charge in [0.2, 0.25) is 0 Å². The van der Waals surface area contributed by atoms with Crippen LogP contribution in [0.1, 0.15) is 11.1 Å². The fourth-order valence-electron chi connectivity index (χ4n) is 1.24. The van der Waals surface area contributed by atoms with E-state index in [0.717, 1.165) is 5.56 Å². The van der Waals surface area contributed by atoms with Crippen molar-refractivity contribution in [1.82, 2.24) is 5.48 Å². The van der Waals surface area contributed by atoms with E-state index in [2.05, 4.69) is 10.3 Å². The highest BCUT2D eigenvalue weighted by molar-refractivity contribution is 5.35. The van der Waals surface area contributed by atoms with Crippen LogP contribution in [0, 0.1) is 12.7 Å². The van der Waals surface area contributed by atoms with Gasteiger partial charge in [-0.2, -0.15) is 5.48 Å². The number of benzene rings is 1. The molecule has 1 aromatic carbocycles. The van der Waals surface area contributed by atoms with Gasteiger partial charge in [-0.1, -0.05) is 6.07 Å². The van der Waals surface area contributed by atoms with Gasteiger partial charge in [-0.3, -0.25) is 0 Å². The number of rotatable bonds is 4. The van der Waals surface area contributed by atoms with E-state index < -0.39 is 0 Å². The molecule has 0 amide bonds. The SMILES string of the molecule is CONCc1cc(C)cc(OC)c1F. The third kappa shape index (κ3) is 2.43. The Labute approximate surface area is 82.8 Å². The monoisotopic (exact) mass is 199 g/mol. The fraction of sp³-hybridized carbons (Fsp3) is 0.400. The number of hydrogen-bond acceptors (Lipinski definition) is 3. The van der Waals surface area contributed by atoms with Gasteiger partial charge in [0.15, 0.2) is 11.6 Å². The summed E-state index contributed by atoms with van der Waals surface area (Å²) in [7, 11) is 2.94. The molecule has 1 aromatic rings. The Balaban J connectivity index is 2.96. The van der Waals surface area contributed by atoms with E-state index in [0.29, 0.717) is 12.1 Å². The van der Waals surface area contributed by atoms with Gasteiger partial charge in [-0.25, -0.2) is 4.39 Å². The third-order valence-corrected chi connectivity index (χ3v) is 1.89. The molecule has 0 saturated carbocycles. The summed E-state index contributed by atoms with van der Waals surface area (Å²) in [6, 6.07) is 3.41. The number of hydrogen-bond donors (Lipinski definition) is 1. The maximum atomic E-state index is 13.6. The van der Waals surface area contributed by atoms with Crippen LogP contribution < -0.4 is 10.2 Å². The Hall–Kier alpha value is -1.13. The van der Waals surface area contributed by atoms with Gasteiger partial charge in [0.05, 0.1) is 14.2 Å². The third-order valence-electron chi connectivity index (χ3n) is 1.89. The molecule has 0 heterocycles. The maximum absolute atomic E-state index is 13.6. The summed E-state index contributed by atoms with van der Waals surface area (Å²) in [6.45, 7) is 2.21. The lowest BCUT2D eigenvalue weighted by Crippen LogP contribution is -2.12. The molecule has 14 heavy (non-hydrogen) atoms. The predicted molar refractivity (Wildman–Crippen MR) is 51.5 cm³/mol. The van der Waals surface area contributed by atoms with E-state index in [1.165, 1.54) is 14.2 Å². The minimum absolute atomic E-state index is 0.262. The van der Waals surface area contributed by atoms with Crippen LogP contribution in [0.15, 0.2) is 12.1 Å². The first kappa shape index (κ1) is 10.9. The summed E-state index contributed by atoms with van der Waals surface area (Å²) in [5, 5.41) is 0. The van der Waals surface area contributed by atoms with Gasteiger partial charge < -0.3 is 9.57 Å². The number of halogens is 1. The van der Waals surface area contributed by atoms with E-state index in [9.17, 15) is 4.39 Å². The van der Waals surface area contributed by atoms with Crippen molar-refractivity contribution in [3.05, 3.63) is 29.1 Å². The summed E-state index contributed by atoms with van der Waals surface area (Å²) in [5.41, 5.74) is 4.07. The second kappa shape index (κ2) is 4.93. The predicted octanol–water partition coefficient (Wildman–Crippen LogP) is 1.79. The highest BCUT2D eigenvalue weighted by Crippen LogP contribution is 2.22. The van der Waals surface area contributed by atoms with Crippen LogP contribution >= 0.6 is 0 Å². The summed E-state index contributed by atoms with van der Waals surface area (Å²) in [6.07, 6.45) is 0. The molecular formula is C10H14FNO2. The molecule has 0 aliphatic carbocycles. The number of nitrogens with one attached hydrogen (secondary N) is 1. The normalized spacial score (nSPS) is 10.3. The first-order chi connectivity index (χ1) is 6.69. The highest BCUT2D eigenvalue weighted by Gasteiger charge is 2.09. The second-order valence-electron chi connectivity index (χ2n) is 2.97. The zero-order chi connectivity index (χ0) is 10.6. The minimum atomic E-state index is -0.345. The van der Waals surface area contributed by atoms with E-state index in [-0.39, 0.29) is 11.6 Å². The molecule has 1 rings (SSSR count). The van der Waals surface area contributed by atoms with Crippen LogP contribution in [-0.4, -0.2) is 14.2 Å². The van der Waals surface area contributed by atoms with Crippen LogP contribution in [0.5, 0.6) is 5.75 Å². The molecule has 3 nitrogen and oxygen atoms in total. The zero-order valence-electron chi connectivity index (χ0n) is 8.56. The van der Waals surface area contributed by atoms with Crippen molar-refractivity contribution in [3.63, 3.8) is 0 Å². The van der Waals surface area contributed by atoms with Crippen LogP contribution in [0.4, 0.5) is 4.39 Å². The minimum Gasteiger partial charge on any atom is -0.494 e. The second-order valence-corrected chi connectivity index (χ2v) is 2.97. The lowest BCUT2D eigenvalue weighted by atomic mass is 10.1. The number of aryl methyl sites for hydroxylation is 1. The van der Waals surface area contributed by atoms with Gasteiger partial charge in [0.25, 0.3) is 0 Å². The Morgan fingerprint density at radius 3 is 2.64 bits per heavy atom. The topological polar surface area (TPSA) is 30.5 Å². The molecular weight excluding hydrogens is 185 g/mol. The molecule has 0 unspecified atom stereocenters. The van der Waals surface area contributed by atoms with Crippen LogP contribution in [0.3, 0.4) is 0 Å². The molecule has 0 bridgehead atoms. The smallest absolute Gasteiger partial charge is 0.169 e. The van der Waals surface area contributed by atoms with Gasteiger partial charge >= 0.3 is 0 Å². The molecule has 0 spiro atoms. The Kier molecular flexibility index (Phi) is 3.85. The molecule has 0 atom stereocenters. The van der Waals surface area contributed by atoms with Gasteiger partial charge in [0, 0.05) is 12.1 Å². The van der Waals surface area contributed by atoms with Crippen molar-refractivity contribution < 1.29 is 14.0 Å². The molecule has 0 aliphatic heterocycles. The first-order valence-electron chi connectivity index (χ1n) is 4.28. The van der Waals surface area contributed by atoms with E-state index in [1.807, 2.05) is 6.92 Å². The van der Waals surface area contributed by atoms with E-state index in [4.69, 9.17) is 4.74 Å². The van der Waals surface area contributed by atoms with Crippen molar-refractivity contribution in [3.8, 4) is 5.75 Å². The Bertz CT molecular complexity index is 315. The Morgan fingerprint density at radius 1 is 1.36 bits per heavy atom. The van der Waals surface area contributed by atoms with Gasteiger partial charge in [0.1, 0.15) is 0 Å². The van der Waals surface area contributed by atoms with Crippen molar-refractivity contribution in [2.45, 2.75) is 13.5 Å². The average Bonchev–Trinajstić information content (AvgIpc) is 2.18. The molecule has 0 fully saturated rings. The molecule has 4 heteroatoms. The van der Waals surface area contributed by atoms with E-state index in [1.54, 1.807) is 12.1 Å². The van der Waals surface area contributed by atoms with Gasteiger partial charge in [-0.15, -0.1) is 0 Å². The lowest BCUT2D eigenvalue weighted by molar-refractivity contribution is 0.0858. The number of ether oxygens (including phenoxy) is 1. The molecule has 0 aliphatic rings. The first-order valence-corrected chi connectivity index (χ1v) is 4.28. The summed E-state index contributed by atoms with van der Waals surface area (Å²) < 4.78 is 18.5. The van der Waals surface area contributed by atoms with Gasteiger partial charge in [-0.05, 0) is 18.6 Å². The van der Waals surface area contributed by atoms with Crippen LogP contribution in [0.2, 0.25) is 0 Å². The van der Waals surface area contributed by atoms with E-state index >= 15 is 0 Å². The summed E-state index contributed by atoms with van der Waals surface area (Å²) in [5.74, 6) is -0.0828. The lowest BCUT2D eigenvalue weighted by Gasteiger charge is -2.09. The highest BCUT2D eigenvalue weighted by atomic mass is 19.1. The van der Waals surface area contributed by atoms with Crippen LogP contribution in [-0.2, 0) is 11.4 Å². The fourth-order valence-corrected chi connectivity index (χ4v) is 1.24. The maximum Gasteiger partial charge on any atom is 0.169 e. The number of methoxy groups -OCH3 is 1. The molecule has 1 N–H and O–H groups in total. The zero-order valence-corrected chi connectivity index (χ0v) is 8.56. The van der Waals surface area contributed by atoms with Crippen molar-refractivity contribution >= 4 is 0 Å². The largest absolute Gasteiger partial charge is 0.494 e. The quantitative estimate of drug-likeness (QED) is 0.750. The molecule has 0 radical (unpaired) electrons. The van der Waals surface area contributed by atoms with Crippen molar-refractivity contribution in [1.29, 1.82) is 0 Å².